The Hall–Kier alpha value is -4.04. The third kappa shape index (κ3) is 3.92. The summed E-state index contributed by atoms with van der Waals surface area (Å²) in [6.07, 6.45) is -0.0331. The molecule has 0 aliphatic carbocycles. The summed E-state index contributed by atoms with van der Waals surface area (Å²) >= 11 is 1.41. The van der Waals surface area contributed by atoms with Crippen LogP contribution < -0.4 is 9.64 Å². The van der Waals surface area contributed by atoms with E-state index in [0.717, 1.165) is 15.1 Å². The number of carbonyl (C=O) groups is 3. The maximum atomic E-state index is 13.5. The normalized spacial score (nSPS) is 12.8. The van der Waals surface area contributed by atoms with E-state index in [1.165, 1.54) is 11.3 Å². The zero-order valence-corrected chi connectivity index (χ0v) is 19.2. The van der Waals surface area contributed by atoms with Crippen LogP contribution in [0.2, 0.25) is 0 Å². The third-order valence-electron chi connectivity index (χ3n) is 5.56. The quantitative estimate of drug-likeness (QED) is 0.353. The van der Waals surface area contributed by atoms with E-state index in [4.69, 9.17) is 4.74 Å². The Bertz CT molecular complexity index is 1330. The summed E-state index contributed by atoms with van der Waals surface area (Å²) < 4.78 is 6.49. The highest BCUT2D eigenvalue weighted by Crippen LogP contribution is 2.35. The lowest BCUT2D eigenvalue weighted by molar-refractivity contribution is -0.118. The maximum Gasteiger partial charge on any atom is 0.261 e. The van der Waals surface area contributed by atoms with Crippen LogP contribution in [0.3, 0.4) is 0 Å². The number of hydrogen-bond donors (Lipinski definition) is 0. The molecule has 0 atom stereocenters. The summed E-state index contributed by atoms with van der Waals surface area (Å²) in [6, 6.07) is 21.6. The molecule has 8 heteroatoms. The number of benzene rings is 3. The Morgan fingerprint density at radius 3 is 2.24 bits per heavy atom. The van der Waals surface area contributed by atoms with E-state index >= 15 is 0 Å². The zero-order valence-electron chi connectivity index (χ0n) is 18.4. The summed E-state index contributed by atoms with van der Waals surface area (Å²) in [6.45, 7) is 2.44. The van der Waals surface area contributed by atoms with Gasteiger partial charge < -0.3 is 4.74 Å². The number of ether oxygens (including phenoxy) is 1. The minimum absolute atomic E-state index is 0.0103. The molecule has 1 aromatic heterocycles. The van der Waals surface area contributed by atoms with Crippen LogP contribution in [0.4, 0.5) is 10.8 Å². The number of nitrogens with zero attached hydrogens (tertiary/aromatic N) is 3. The molecule has 2 heterocycles. The van der Waals surface area contributed by atoms with E-state index in [1.54, 1.807) is 53.4 Å². The van der Waals surface area contributed by atoms with Gasteiger partial charge in [-0.1, -0.05) is 35.6 Å². The molecule has 0 saturated heterocycles. The fourth-order valence-electron chi connectivity index (χ4n) is 3.94. The number of carbonyl (C=O) groups excluding carboxylic acids is 3. The average molecular weight is 472 g/mol. The number of imide groups is 1. The molecule has 3 amide bonds. The summed E-state index contributed by atoms with van der Waals surface area (Å²) in [5, 5.41) is 0.526. The number of rotatable bonds is 7. The van der Waals surface area contributed by atoms with Gasteiger partial charge in [-0.05, 0) is 55.5 Å². The van der Waals surface area contributed by atoms with Gasteiger partial charge in [0.05, 0.1) is 33.6 Å². The van der Waals surface area contributed by atoms with Crippen LogP contribution in [0.1, 0.15) is 34.1 Å². The Labute approximate surface area is 200 Å². The first-order valence-corrected chi connectivity index (χ1v) is 11.7. The number of fused-ring (bicyclic) bond motifs is 2. The molecular weight excluding hydrogens is 450 g/mol. The summed E-state index contributed by atoms with van der Waals surface area (Å²) in [4.78, 5) is 46.2. The van der Waals surface area contributed by atoms with Gasteiger partial charge in [0.15, 0.2) is 5.13 Å². The van der Waals surface area contributed by atoms with Gasteiger partial charge in [0, 0.05) is 13.0 Å². The van der Waals surface area contributed by atoms with Gasteiger partial charge in [0.1, 0.15) is 5.75 Å². The molecule has 0 radical (unpaired) electrons. The predicted molar refractivity (Wildman–Crippen MR) is 131 cm³/mol. The molecule has 0 fully saturated rings. The van der Waals surface area contributed by atoms with Gasteiger partial charge in [-0.2, -0.15) is 0 Å². The van der Waals surface area contributed by atoms with Gasteiger partial charge in [0.25, 0.3) is 11.8 Å². The minimum Gasteiger partial charge on any atom is -0.494 e. The standard InChI is InChI=1S/C26H21N3O4S/c1-2-33-18-13-11-17(12-14-18)29(26-27-21-9-5-6-10-22(21)34-26)23(30)15-16-28-24(31)19-7-3-4-8-20(19)25(28)32/h3-14H,2,15-16H2,1H3. The Morgan fingerprint density at radius 2 is 1.59 bits per heavy atom. The van der Waals surface area contributed by atoms with Crippen LogP contribution in [-0.2, 0) is 4.79 Å². The highest BCUT2D eigenvalue weighted by atomic mass is 32.1. The van der Waals surface area contributed by atoms with Crippen molar-refractivity contribution in [3.63, 3.8) is 0 Å². The van der Waals surface area contributed by atoms with E-state index in [-0.39, 0.29) is 30.7 Å². The van der Waals surface area contributed by atoms with E-state index in [9.17, 15) is 14.4 Å². The van der Waals surface area contributed by atoms with Gasteiger partial charge in [-0.15, -0.1) is 0 Å². The monoisotopic (exact) mass is 471 g/mol. The summed E-state index contributed by atoms with van der Waals surface area (Å²) in [5.74, 6) is -0.309. The van der Waals surface area contributed by atoms with E-state index < -0.39 is 0 Å². The van der Waals surface area contributed by atoms with E-state index in [0.29, 0.717) is 34.3 Å². The molecule has 0 spiro atoms. The molecule has 7 nitrogen and oxygen atoms in total. The molecule has 3 aromatic carbocycles. The number of anilines is 2. The topological polar surface area (TPSA) is 79.8 Å². The lowest BCUT2D eigenvalue weighted by atomic mass is 10.1. The van der Waals surface area contributed by atoms with Crippen LogP contribution in [0.5, 0.6) is 5.75 Å². The van der Waals surface area contributed by atoms with Crippen molar-refractivity contribution >= 4 is 50.1 Å². The molecule has 170 valence electrons. The number of thiazole rings is 1. The van der Waals surface area contributed by atoms with E-state index in [2.05, 4.69) is 4.98 Å². The average Bonchev–Trinajstić information content (AvgIpc) is 3.38. The number of amides is 3. The highest BCUT2D eigenvalue weighted by molar-refractivity contribution is 7.22. The van der Waals surface area contributed by atoms with Gasteiger partial charge in [-0.25, -0.2) is 4.98 Å². The molecule has 1 aliphatic heterocycles. The number of aromatic nitrogens is 1. The lowest BCUT2D eigenvalue weighted by Gasteiger charge is -2.22. The predicted octanol–water partition coefficient (Wildman–Crippen LogP) is 5.05. The molecular formula is C26H21N3O4S. The van der Waals surface area contributed by atoms with Gasteiger partial charge in [0.2, 0.25) is 5.91 Å². The van der Waals surface area contributed by atoms with Crippen molar-refractivity contribution in [3.05, 3.63) is 83.9 Å². The fourth-order valence-corrected chi connectivity index (χ4v) is 4.94. The Kier molecular flexibility index (Phi) is 5.81. The van der Waals surface area contributed by atoms with Crippen molar-refractivity contribution in [1.29, 1.82) is 0 Å². The van der Waals surface area contributed by atoms with Crippen LogP contribution in [0, 0.1) is 0 Å². The number of hydrogen-bond acceptors (Lipinski definition) is 6. The second-order valence-corrected chi connectivity index (χ2v) is 8.69. The number of para-hydroxylation sites is 1. The largest absolute Gasteiger partial charge is 0.494 e. The molecule has 0 unspecified atom stereocenters. The second-order valence-electron chi connectivity index (χ2n) is 7.68. The summed E-state index contributed by atoms with van der Waals surface area (Å²) in [7, 11) is 0. The highest BCUT2D eigenvalue weighted by Gasteiger charge is 2.35. The van der Waals surface area contributed by atoms with E-state index in [1.807, 2.05) is 31.2 Å². The first-order chi connectivity index (χ1) is 16.6. The first-order valence-electron chi connectivity index (χ1n) is 10.9. The fraction of sp³-hybridized carbons (Fsp3) is 0.154. The smallest absolute Gasteiger partial charge is 0.261 e. The third-order valence-corrected chi connectivity index (χ3v) is 6.58. The second kappa shape index (κ2) is 9.07. The molecule has 34 heavy (non-hydrogen) atoms. The van der Waals surface area contributed by atoms with Crippen molar-refractivity contribution in [2.75, 3.05) is 18.1 Å². The van der Waals surface area contributed by atoms with Crippen molar-refractivity contribution in [2.45, 2.75) is 13.3 Å². The van der Waals surface area contributed by atoms with Crippen LogP contribution in [0.15, 0.2) is 72.8 Å². The maximum absolute atomic E-state index is 13.5. The van der Waals surface area contributed by atoms with Crippen LogP contribution >= 0.6 is 11.3 Å². The molecule has 0 bridgehead atoms. The van der Waals surface area contributed by atoms with Crippen LogP contribution in [0.25, 0.3) is 10.2 Å². The lowest BCUT2D eigenvalue weighted by Crippen LogP contribution is -2.35. The molecule has 5 rings (SSSR count). The summed E-state index contributed by atoms with van der Waals surface area (Å²) in [5.41, 5.74) is 2.17. The van der Waals surface area contributed by atoms with Crippen molar-refractivity contribution in [2.24, 2.45) is 0 Å². The van der Waals surface area contributed by atoms with Crippen molar-refractivity contribution < 1.29 is 19.1 Å². The van der Waals surface area contributed by atoms with Crippen LogP contribution in [-0.4, -0.2) is 40.8 Å². The molecule has 0 N–H and O–H groups in total. The van der Waals surface area contributed by atoms with Gasteiger partial charge in [-0.3, -0.25) is 24.2 Å². The van der Waals surface area contributed by atoms with Crippen molar-refractivity contribution in [1.82, 2.24) is 9.88 Å². The van der Waals surface area contributed by atoms with Gasteiger partial charge >= 0.3 is 0 Å². The molecule has 4 aromatic rings. The SMILES string of the molecule is CCOc1ccc(N(C(=O)CCN2C(=O)c3ccccc3C2=O)c2nc3ccccc3s2)cc1. The first kappa shape index (κ1) is 21.8. The molecule has 0 saturated carbocycles. The zero-order chi connectivity index (χ0) is 23.7. The van der Waals surface area contributed by atoms with Crippen molar-refractivity contribution in [3.8, 4) is 5.75 Å². The molecule has 1 aliphatic rings. The Balaban J connectivity index is 1.42. The minimum atomic E-state index is -0.374. The Morgan fingerprint density at radius 1 is 0.941 bits per heavy atom.